The number of hydrogen-bond donors (Lipinski definition) is 14. The fraction of sp³-hybridized carbons (Fsp3) is 0.778. The normalized spacial score (nSPS) is 42.8. The summed E-state index contributed by atoms with van der Waals surface area (Å²) in [5.41, 5.74) is 2.73. The number of unbranched alkanes of at least 4 members (excludes halogenated alkanes) is 2. The number of aliphatic hydroxyl groups is 14. The van der Waals surface area contributed by atoms with Crippen LogP contribution in [-0.4, -0.2) is 221 Å². The quantitative estimate of drug-likeness (QED) is 0.0500. The standard InChI is InChI=1S/C45H70O22/c1-5-6-7-8-20-12-23(60-44-38(58)40(32(52)27(16-48)64-44)66-42-36(56)34(54)30(50)25(14-46)62-42)29(22-11-19(4)9-10-21(22)18(2)3)24(13-20)61-45-39(59)41(33(53)28(17-49)65-45)67-43-37(57)35(55)31(51)26(15-47)63-43/h11-13,21-22,25-28,30-59H,2,5-10,14-17H2,1,3-4H3/t21-,22+,25+,26+,27+,28+,30+,31+,32+,33+,34-,35-,36+,37+,38+,39+,40-,41-,42-,43?,44+,45+/m0/s1. The van der Waals surface area contributed by atoms with Gasteiger partial charge < -0.3 is 109 Å². The van der Waals surface area contributed by atoms with Crippen molar-refractivity contribution in [3.05, 3.63) is 47.1 Å². The SMILES string of the molecule is C=C(C)[C@@H]1CCC(C)=C[C@H]1c1c(O[C@@H]2O[C@H](CO)[C@@H](O)[C@H](OC3O[C@H](CO)[C@@H](O)[C@H](O)[C@H]3O)[C@H]2O)cc(CCCCC)cc1O[C@@H]1O[C@H](CO)[C@@H](O)[C@H](O[C@@H]2O[C@H](CO)[C@@H](O)[C@H](O)[C@H]2O)[C@H]1O. The molecular weight excluding hydrogens is 892 g/mol. The van der Waals surface area contributed by atoms with Crippen LogP contribution in [0, 0.1) is 5.92 Å². The molecule has 4 saturated heterocycles. The Morgan fingerprint density at radius 1 is 0.582 bits per heavy atom. The van der Waals surface area contributed by atoms with Crippen LogP contribution in [0.5, 0.6) is 11.5 Å². The van der Waals surface area contributed by atoms with Gasteiger partial charge in [-0.05, 0) is 63.1 Å². The zero-order valence-electron chi connectivity index (χ0n) is 37.7. The van der Waals surface area contributed by atoms with Gasteiger partial charge in [-0.15, -0.1) is 0 Å². The molecule has 22 heteroatoms. The third-order valence-electron chi connectivity index (χ3n) is 13.4. The monoisotopic (exact) mass is 962 g/mol. The van der Waals surface area contributed by atoms with Gasteiger partial charge in [0.25, 0.3) is 0 Å². The van der Waals surface area contributed by atoms with Crippen LogP contribution in [0.25, 0.3) is 0 Å². The van der Waals surface area contributed by atoms with E-state index in [1.54, 1.807) is 12.1 Å². The minimum atomic E-state index is -1.91. The Labute approximate surface area is 387 Å². The molecule has 0 radical (unpaired) electrons. The number of rotatable bonds is 18. The highest BCUT2D eigenvalue weighted by molar-refractivity contribution is 5.53. The minimum absolute atomic E-state index is 0.0630. The van der Waals surface area contributed by atoms with Crippen LogP contribution >= 0.6 is 0 Å². The van der Waals surface area contributed by atoms with Gasteiger partial charge in [-0.1, -0.05) is 43.6 Å². The van der Waals surface area contributed by atoms with Crippen LogP contribution in [0.4, 0.5) is 0 Å². The predicted molar refractivity (Wildman–Crippen MR) is 228 cm³/mol. The number of aryl methyl sites for hydroxylation is 1. The Balaban J connectivity index is 1.42. The van der Waals surface area contributed by atoms with Gasteiger partial charge >= 0.3 is 0 Å². The minimum Gasteiger partial charge on any atom is -0.462 e. The summed E-state index contributed by atoms with van der Waals surface area (Å²) in [5.74, 6) is -0.707. The first-order valence-corrected chi connectivity index (χ1v) is 22.9. The Morgan fingerprint density at radius 2 is 1.00 bits per heavy atom. The van der Waals surface area contributed by atoms with Crippen molar-refractivity contribution in [3.63, 3.8) is 0 Å². The van der Waals surface area contributed by atoms with E-state index >= 15 is 0 Å². The highest BCUT2D eigenvalue weighted by Gasteiger charge is 2.54. The molecule has 6 rings (SSSR count). The molecule has 67 heavy (non-hydrogen) atoms. The average Bonchev–Trinajstić information content (AvgIpc) is 3.30. The summed E-state index contributed by atoms with van der Waals surface area (Å²) in [7, 11) is 0. The third kappa shape index (κ3) is 11.7. The van der Waals surface area contributed by atoms with E-state index in [-0.39, 0.29) is 17.4 Å². The van der Waals surface area contributed by atoms with Gasteiger partial charge in [0.2, 0.25) is 12.6 Å². The topological polar surface area (TPSA) is 357 Å². The lowest BCUT2D eigenvalue weighted by atomic mass is 9.73. The van der Waals surface area contributed by atoms with Crippen molar-refractivity contribution in [1.82, 2.24) is 0 Å². The predicted octanol–water partition coefficient (Wildman–Crippen LogP) is -3.56. The van der Waals surface area contributed by atoms with Crippen molar-refractivity contribution in [2.45, 2.75) is 188 Å². The fourth-order valence-electron chi connectivity index (χ4n) is 9.35. The lowest BCUT2D eigenvalue weighted by molar-refractivity contribution is -0.353. The van der Waals surface area contributed by atoms with Gasteiger partial charge in [0.1, 0.15) is 109 Å². The number of ether oxygens (including phenoxy) is 8. The van der Waals surface area contributed by atoms with Crippen LogP contribution < -0.4 is 9.47 Å². The lowest BCUT2D eigenvalue weighted by Gasteiger charge is -2.46. The molecule has 5 aliphatic rings. The Morgan fingerprint density at radius 3 is 1.40 bits per heavy atom. The summed E-state index contributed by atoms with van der Waals surface area (Å²) in [5, 5.41) is 150. The van der Waals surface area contributed by atoms with Gasteiger partial charge in [0, 0.05) is 11.5 Å². The van der Waals surface area contributed by atoms with Crippen LogP contribution in [-0.2, 0) is 34.8 Å². The summed E-state index contributed by atoms with van der Waals surface area (Å²) in [6, 6.07) is 3.41. The molecule has 1 aromatic rings. The van der Waals surface area contributed by atoms with Crippen molar-refractivity contribution in [2.24, 2.45) is 5.92 Å². The molecule has 1 aromatic carbocycles. The third-order valence-corrected chi connectivity index (χ3v) is 13.4. The van der Waals surface area contributed by atoms with E-state index in [9.17, 15) is 71.5 Å². The van der Waals surface area contributed by atoms with Gasteiger partial charge in [-0.3, -0.25) is 0 Å². The van der Waals surface area contributed by atoms with Crippen molar-refractivity contribution in [1.29, 1.82) is 0 Å². The number of aliphatic hydroxyl groups excluding tert-OH is 14. The number of benzene rings is 1. The van der Waals surface area contributed by atoms with E-state index in [4.69, 9.17) is 37.9 Å². The largest absolute Gasteiger partial charge is 0.462 e. The summed E-state index contributed by atoms with van der Waals surface area (Å²) in [6.45, 7) is 6.88. The van der Waals surface area contributed by atoms with Gasteiger partial charge in [-0.2, -0.15) is 0 Å². The van der Waals surface area contributed by atoms with Crippen LogP contribution in [0.15, 0.2) is 35.9 Å². The average molecular weight is 963 g/mol. The first-order chi connectivity index (χ1) is 31.9. The van der Waals surface area contributed by atoms with Crippen molar-refractivity contribution >= 4 is 0 Å². The summed E-state index contributed by atoms with van der Waals surface area (Å²) in [6.07, 6.45) is -28.5. The molecule has 22 atom stereocenters. The number of hydrogen-bond acceptors (Lipinski definition) is 22. The van der Waals surface area contributed by atoms with Crippen LogP contribution in [0.2, 0.25) is 0 Å². The summed E-state index contributed by atoms with van der Waals surface area (Å²) < 4.78 is 47.8. The van der Waals surface area contributed by atoms with Crippen LogP contribution in [0.1, 0.15) is 69.9 Å². The molecule has 0 saturated carbocycles. The van der Waals surface area contributed by atoms with E-state index in [2.05, 4.69) is 6.58 Å². The van der Waals surface area contributed by atoms with E-state index < -0.39 is 155 Å². The zero-order chi connectivity index (χ0) is 49.0. The maximum Gasteiger partial charge on any atom is 0.229 e. The summed E-state index contributed by atoms with van der Waals surface area (Å²) >= 11 is 0. The Bertz CT molecular complexity index is 1690. The Hall–Kier alpha value is -2.50. The van der Waals surface area contributed by atoms with Gasteiger partial charge in [0.15, 0.2) is 12.6 Å². The summed E-state index contributed by atoms with van der Waals surface area (Å²) in [4.78, 5) is 0. The zero-order valence-corrected chi connectivity index (χ0v) is 37.7. The molecule has 0 bridgehead atoms. The molecule has 1 unspecified atom stereocenters. The second-order valence-electron chi connectivity index (χ2n) is 18.2. The maximum atomic E-state index is 11.9. The van der Waals surface area contributed by atoms with E-state index in [1.165, 1.54) is 0 Å². The maximum absolute atomic E-state index is 11.9. The number of allylic oxidation sites excluding steroid dienone is 3. The first-order valence-electron chi connectivity index (χ1n) is 22.9. The molecule has 1 aliphatic carbocycles. The molecule has 14 N–H and O–H groups in total. The second kappa shape index (κ2) is 23.6. The fourth-order valence-corrected chi connectivity index (χ4v) is 9.35. The molecule has 4 fully saturated rings. The first kappa shape index (κ1) is 53.8. The second-order valence-corrected chi connectivity index (χ2v) is 18.2. The van der Waals surface area contributed by atoms with Crippen LogP contribution in [0.3, 0.4) is 0 Å². The molecule has 22 nitrogen and oxygen atoms in total. The molecule has 382 valence electrons. The molecule has 4 aliphatic heterocycles. The van der Waals surface area contributed by atoms with E-state index in [0.717, 1.165) is 24.0 Å². The van der Waals surface area contributed by atoms with Gasteiger partial charge in [-0.25, -0.2) is 0 Å². The highest BCUT2D eigenvalue weighted by atomic mass is 16.8. The lowest BCUT2D eigenvalue weighted by Crippen LogP contribution is -2.65. The molecule has 0 amide bonds. The van der Waals surface area contributed by atoms with Crippen molar-refractivity contribution in [3.8, 4) is 11.5 Å². The van der Waals surface area contributed by atoms with Gasteiger partial charge in [0.05, 0.1) is 26.4 Å². The smallest absolute Gasteiger partial charge is 0.229 e. The molecule has 0 aromatic heterocycles. The Kier molecular flexibility index (Phi) is 19.0. The molecule has 0 spiro atoms. The molecule has 4 heterocycles. The van der Waals surface area contributed by atoms with Crippen molar-refractivity contribution in [2.75, 3.05) is 26.4 Å². The van der Waals surface area contributed by atoms with E-state index in [1.807, 2.05) is 26.8 Å². The van der Waals surface area contributed by atoms with E-state index in [0.29, 0.717) is 36.8 Å². The van der Waals surface area contributed by atoms with Crippen molar-refractivity contribution < 1.29 is 109 Å². The molecular formula is C45H70O22. The highest BCUT2D eigenvalue weighted by Crippen LogP contribution is 2.49.